The van der Waals surface area contributed by atoms with Crippen LogP contribution in [-0.4, -0.2) is 13.1 Å². The minimum atomic E-state index is 0.790. The predicted octanol–water partition coefficient (Wildman–Crippen LogP) is 2.88. The molecule has 1 aromatic carbocycles. The number of nitrogen functional groups attached to an aromatic ring is 1. The van der Waals surface area contributed by atoms with Gasteiger partial charge in [0.15, 0.2) is 0 Å². The average Bonchev–Trinajstić information content (AvgIpc) is 2.51. The Morgan fingerprint density at radius 3 is 2.86 bits per heavy atom. The molecule has 1 aliphatic heterocycles. The molecule has 0 bridgehead atoms. The monoisotopic (exact) mass is 254 g/mol. The smallest absolute Gasteiger partial charge is 0.0600 e. The molecule has 2 nitrogen and oxygen atoms in total. The van der Waals surface area contributed by atoms with Gasteiger partial charge in [0.1, 0.15) is 0 Å². The fourth-order valence-electron chi connectivity index (χ4n) is 1.97. The molecule has 1 unspecified atom stereocenters. The number of hydrogen-bond acceptors (Lipinski definition) is 2. The summed E-state index contributed by atoms with van der Waals surface area (Å²) in [7, 11) is 0. The fourth-order valence-corrected chi connectivity index (χ4v) is 2.35. The third-order valence-electron chi connectivity index (χ3n) is 2.75. The van der Waals surface area contributed by atoms with Crippen LogP contribution in [0.3, 0.4) is 0 Å². The molecule has 14 heavy (non-hydrogen) atoms. The zero-order valence-electron chi connectivity index (χ0n) is 8.33. The van der Waals surface area contributed by atoms with Crippen molar-refractivity contribution in [2.45, 2.75) is 13.3 Å². The topological polar surface area (TPSA) is 29.3 Å². The Kier molecular flexibility index (Phi) is 2.68. The Balaban J connectivity index is 2.24. The molecule has 3 heteroatoms. The molecule has 0 amide bonds. The molecule has 0 aliphatic carbocycles. The molecule has 0 aromatic heterocycles. The van der Waals surface area contributed by atoms with E-state index in [9.17, 15) is 0 Å². The van der Waals surface area contributed by atoms with E-state index in [2.05, 4.69) is 39.9 Å². The average molecular weight is 255 g/mol. The number of benzene rings is 1. The minimum absolute atomic E-state index is 0.790. The molecule has 2 N–H and O–H groups in total. The van der Waals surface area contributed by atoms with Crippen LogP contribution < -0.4 is 10.6 Å². The summed E-state index contributed by atoms with van der Waals surface area (Å²) in [5, 5.41) is 0. The van der Waals surface area contributed by atoms with Crippen LogP contribution in [0.4, 0.5) is 11.4 Å². The second-order valence-corrected chi connectivity index (χ2v) is 4.96. The van der Waals surface area contributed by atoms with Crippen LogP contribution in [0.5, 0.6) is 0 Å². The van der Waals surface area contributed by atoms with Crippen molar-refractivity contribution < 1.29 is 0 Å². The van der Waals surface area contributed by atoms with E-state index in [0.717, 1.165) is 29.2 Å². The molecule has 2 rings (SSSR count). The molecule has 1 fully saturated rings. The van der Waals surface area contributed by atoms with Crippen LogP contribution in [0.15, 0.2) is 22.7 Å². The Labute approximate surface area is 93.2 Å². The molecule has 1 heterocycles. The molecular weight excluding hydrogens is 240 g/mol. The van der Waals surface area contributed by atoms with Crippen molar-refractivity contribution in [1.82, 2.24) is 0 Å². The third kappa shape index (κ3) is 1.87. The van der Waals surface area contributed by atoms with E-state index >= 15 is 0 Å². The van der Waals surface area contributed by atoms with Crippen molar-refractivity contribution in [2.75, 3.05) is 23.7 Å². The van der Waals surface area contributed by atoms with Gasteiger partial charge in [0.25, 0.3) is 0 Å². The van der Waals surface area contributed by atoms with E-state index in [-0.39, 0.29) is 0 Å². The quantitative estimate of drug-likeness (QED) is 0.782. The van der Waals surface area contributed by atoms with Crippen molar-refractivity contribution in [3.63, 3.8) is 0 Å². The van der Waals surface area contributed by atoms with Gasteiger partial charge in [0.05, 0.1) is 11.4 Å². The normalized spacial score (nSPS) is 21.6. The molecule has 76 valence electrons. The summed E-state index contributed by atoms with van der Waals surface area (Å²) in [6, 6.07) is 6.12. The number of hydrogen-bond donors (Lipinski definition) is 1. The lowest BCUT2D eigenvalue weighted by atomic mass is 10.2. The first-order valence-corrected chi connectivity index (χ1v) is 5.76. The zero-order valence-corrected chi connectivity index (χ0v) is 9.92. The highest BCUT2D eigenvalue weighted by Crippen LogP contribution is 2.30. The van der Waals surface area contributed by atoms with Gasteiger partial charge in [-0.2, -0.15) is 0 Å². The van der Waals surface area contributed by atoms with Gasteiger partial charge >= 0.3 is 0 Å². The summed E-state index contributed by atoms with van der Waals surface area (Å²) in [5.74, 6) is 0.790. The second-order valence-electron chi connectivity index (χ2n) is 4.04. The summed E-state index contributed by atoms with van der Waals surface area (Å²) in [4.78, 5) is 2.37. The van der Waals surface area contributed by atoms with E-state index in [0.29, 0.717) is 0 Å². The number of nitrogens with zero attached hydrogens (tertiary/aromatic N) is 1. The van der Waals surface area contributed by atoms with Crippen LogP contribution >= 0.6 is 15.9 Å². The minimum Gasteiger partial charge on any atom is -0.397 e. The van der Waals surface area contributed by atoms with Gasteiger partial charge in [-0.05, 0) is 30.5 Å². The molecule has 1 atom stereocenters. The molecule has 1 saturated heterocycles. The van der Waals surface area contributed by atoms with Crippen LogP contribution in [0.2, 0.25) is 0 Å². The van der Waals surface area contributed by atoms with Crippen LogP contribution in [0.25, 0.3) is 0 Å². The van der Waals surface area contributed by atoms with Crippen LogP contribution in [0.1, 0.15) is 13.3 Å². The van der Waals surface area contributed by atoms with Crippen molar-refractivity contribution in [3.8, 4) is 0 Å². The standard InChI is InChI=1S/C11H15BrN2/c1-8-4-5-14(7-8)11-3-2-9(12)6-10(11)13/h2-3,6,8H,4-5,7,13H2,1H3. The highest BCUT2D eigenvalue weighted by Gasteiger charge is 2.20. The zero-order chi connectivity index (χ0) is 10.1. The van der Waals surface area contributed by atoms with Gasteiger partial charge in [-0.1, -0.05) is 22.9 Å². The SMILES string of the molecule is CC1CCN(c2ccc(Br)cc2N)C1. The van der Waals surface area contributed by atoms with Gasteiger partial charge in [-0.25, -0.2) is 0 Å². The highest BCUT2D eigenvalue weighted by atomic mass is 79.9. The van der Waals surface area contributed by atoms with E-state index in [4.69, 9.17) is 5.73 Å². The molecule has 1 aromatic rings. The number of nitrogens with two attached hydrogens (primary N) is 1. The summed E-state index contributed by atoms with van der Waals surface area (Å²) < 4.78 is 1.05. The third-order valence-corrected chi connectivity index (χ3v) is 3.25. The number of halogens is 1. The van der Waals surface area contributed by atoms with E-state index < -0.39 is 0 Å². The van der Waals surface area contributed by atoms with Gasteiger partial charge in [0.2, 0.25) is 0 Å². The Morgan fingerprint density at radius 1 is 1.50 bits per heavy atom. The van der Waals surface area contributed by atoms with Crippen molar-refractivity contribution in [2.24, 2.45) is 5.92 Å². The van der Waals surface area contributed by atoms with Gasteiger partial charge in [0, 0.05) is 17.6 Å². The van der Waals surface area contributed by atoms with Gasteiger partial charge < -0.3 is 10.6 Å². The first-order valence-electron chi connectivity index (χ1n) is 4.97. The maximum atomic E-state index is 5.97. The maximum absolute atomic E-state index is 5.97. The molecule has 0 saturated carbocycles. The molecular formula is C11H15BrN2. The second kappa shape index (κ2) is 3.81. The Morgan fingerprint density at radius 2 is 2.29 bits per heavy atom. The lowest BCUT2D eigenvalue weighted by Gasteiger charge is -2.20. The highest BCUT2D eigenvalue weighted by molar-refractivity contribution is 9.10. The van der Waals surface area contributed by atoms with E-state index in [1.165, 1.54) is 12.1 Å². The largest absolute Gasteiger partial charge is 0.397 e. The number of rotatable bonds is 1. The lowest BCUT2D eigenvalue weighted by Crippen LogP contribution is -2.20. The first-order chi connectivity index (χ1) is 6.66. The lowest BCUT2D eigenvalue weighted by molar-refractivity contribution is 0.659. The van der Waals surface area contributed by atoms with Crippen molar-refractivity contribution in [1.29, 1.82) is 0 Å². The summed E-state index contributed by atoms with van der Waals surface area (Å²) in [5.41, 5.74) is 8.02. The first kappa shape index (κ1) is 9.84. The van der Waals surface area contributed by atoms with Crippen LogP contribution in [0, 0.1) is 5.92 Å². The van der Waals surface area contributed by atoms with Crippen molar-refractivity contribution >= 4 is 27.3 Å². The summed E-state index contributed by atoms with van der Waals surface area (Å²) >= 11 is 3.42. The molecule has 0 spiro atoms. The maximum Gasteiger partial charge on any atom is 0.0600 e. The van der Waals surface area contributed by atoms with Gasteiger partial charge in [-0.15, -0.1) is 0 Å². The summed E-state index contributed by atoms with van der Waals surface area (Å²) in [6.07, 6.45) is 1.27. The van der Waals surface area contributed by atoms with E-state index in [1.54, 1.807) is 0 Å². The van der Waals surface area contributed by atoms with Crippen LogP contribution in [-0.2, 0) is 0 Å². The van der Waals surface area contributed by atoms with E-state index in [1.807, 2.05) is 6.07 Å². The van der Waals surface area contributed by atoms with Crippen molar-refractivity contribution in [3.05, 3.63) is 22.7 Å². The fraction of sp³-hybridized carbons (Fsp3) is 0.455. The number of anilines is 2. The summed E-state index contributed by atoms with van der Waals surface area (Å²) in [6.45, 7) is 4.55. The van der Waals surface area contributed by atoms with Gasteiger partial charge in [-0.3, -0.25) is 0 Å². The predicted molar refractivity (Wildman–Crippen MR) is 64.5 cm³/mol. The molecule has 1 aliphatic rings. The Hall–Kier alpha value is -0.700. The Bertz CT molecular complexity index is 338. The molecule has 0 radical (unpaired) electrons.